The minimum Gasteiger partial charge on any atom is -0.469 e. The Balaban J connectivity index is 1.49. The number of likely N-dealkylation sites (tertiary alicyclic amines) is 1. The van der Waals surface area contributed by atoms with Crippen LogP contribution in [0.2, 0.25) is 4.34 Å². The van der Waals surface area contributed by atoms with Crippen molar-refractivity contribution in [3.05, 3.63) is 33.7 Å². The van der Waals surface area contributed by atoms with Gasteiger partial charge in [-0.3, -0.25) is 9.69 Å². The largest absolute Gasteiger partial charge is 0.469 e. The van der Waals surface area contributed by atoms with Gasteiger partial charge in [0.25, 0.3) is 5.91 Å². The Labute approximate surface area is 137 Å². The molecule has 1 aliphatic rings. The monoisotopic (exact) mass is 340 g/mol. The standard InChI is InChI=1S/C14H17ClN4O2S/c1-9-11(4-7-21-9)14(20)16-10-2-5-19(6-3-10)8-12-13(15)22-18-17-12/h4,7,10H,2-3,5-6,8H2,1H3,(H,16,20). The summed E-state index contributed by atoms with van der Waals surface area (Å²) in [5.41, 5.74) is 1.45. The van der Waals surface area contributed by atoms with Gasteiger partial charge in [0.15, 0.2) is 0 Å². The molecule has 0 unspecified atom stereocenters. The highest BCUT2D eigenvalue weighted by Gasteiger charge is 2.23. The van der Waals surface area contributed by atoms with Crippen LogP contribution >= 0.6 is 23.1 Å². The molecule has 22 heavy (non-hydrogen) atoms. The lowest BCUT2D eigenvalue weighted by molar-refractivity contribution is 0.0907. The maximum absolute atomic E-state index is 12.2. The Kier molecular flexibility index (Phi) is 4.75. The molecular weight excluding hydrogens is 324 g/mol. The molecule has 2 aromatic rings. The fourth-order valence-corrected chi connectivity index (χ4v) is 3.23. The van der Waals surface area contributed by atoms with Gasteiger partial charge >= 0.3 is 0 Å². The molecule has 0 spiro atoms. The topological polar surface area (TPSA) is 71.3 Å². The Morgan fingerprint density at radius 1 is 1.55 bits per heavy atom. The van der Waals surface area contributed by atoms with Crippen LogP contribution in [0.3, 0.4) is 0 Å². The molecule has 0 bridgehead atoms. The molecule has 0 aromatic carbocycles. The van der Waals surface area contributed by atoms with E-state index in [1.807, 2.05) is 0 Å². The number of aromatic nitrogens is 2. The van der Waals surface area contributed by atoms with E-state index in [1.54, 1.807) is 19.3 Å². The highest BCUT2D eigenvalue weighted by Crippen LogP contribution is 2.21. The first-order chi connectivity index (χ1) is 10.6. The number of halogens is 1. The van der Waals surface area contributed by atoms with Crippen molar-refractivity contribution in [3.8, 4) is 0 Å². The van der Waals surface area contributed by atoms with Gasteiger partial charge in [0.1, 0.15) is 15.8 Å². The van der Waals surface area contributed by atoms with E-state index >= 15 is 0 Å². The maximum atomic E-state index is 12.2. The second kappa shape index (κ2) is 6.76. The first-order valence-corrected chi connectivity index (χ1v) is 8.32. The number of carbonyl (C=O) groups excluding carboxylic acids is 1. The molecule has 0 saturated carbocycles. The van der Waals surface area contributed by atoms with E-state index in [2.05, 4.69) is 19.8 Å². The van der Waals surface area contributed by atoms with E-state index in [1.165, 1.54) is 11.5 Å². The van der Waals surface area contributed by atoms with Crippen LogP contribution in [0, 0.1) is 6.92 Å². The summed E-state index contributed by atoms with van der Waals surface area (Å²) in [7, 11) is 0. The van der Waals surface area contributed by atoms with Gasteiger partial charge in [0.05, 0.1) is 11.8 Å². The van der Waals surface area contributed by atoms with Gasteiger partial charge in [-0.25, -0.2) is 0 Å². The lowest BCUT2D eigenvalue weighted by Gasteiger charge is -2.31. The summed E-state index contributed by atoms with van der Waals surface area (Å²) < 4.78 is 9.67. The van der Waals surface area contributed by atoms with Crippen LogP contribution in [0.15, 0.2) is 16.7 Å². The van der Waals surface area contributed by atoms with Gasteiger partial charge in [-0.05, 0) is 25.8 Å². The van der Waals surface area contributed by atoms with Crippen molar-refractivity contribution < 1.29 is 9.21 Å². The van der Waals surface area contributed by atoms with Gasteiger partial charge in [0.2, 0.25) is 0 Å². The molecule has 1 amide bonds. The van der Waals surface area contributed by atoms with E-state index in [0.717, 1.165) is 38.2 Å². The summed E-state index contributed by atoms with van der Waals surface area (Å²) in [5, 5.41) is 7.11. The third-order valence-electron chi connectivity index (χ3n) is 3.91. The number of nitrogens with one attached hydrogen (secondary N) is 1. The number of carbonyl (C=O) groups is 1. The van der Waals surface area contributed by atoms with Crippen LogP contribution in [0.5, 0.6) is 0 Å². The molecule has 1 fully saturated rings. The second-order valence-electron chi connectivity index (χ2n) is 5.41. The minimum atomic E-state index is -0.0588. The summed E-state index contributed by atoms with van der Waals surface area (Å²) in [6, 6.07) is 1.90. The molecule has 118 valence electrons. The van der Waals surface area contributed by atoms with Crippen LogP contribution < -0.4 is 5.32 Å². The normalized spacial score (nSPS) is 16.8. The van der Waals surface area contributed by atoms with Crippen molar-refractivity contribution in [3.63, 3.8) is 0 Å². The van der Waals surface area contributed by atoms with Crippen molar-refractivity contribution >= 4 is 29.0 Å². The molecular formula is C14H17ClN4O2S. The fourth-order valence-electron chi connectivity index (χ4n) is 2.62. The van der Waals surface area contributed by atoms with E-state index in [0.29, 0.717) is 15.7 Å². The Hall–Kier alpha value is -1.44. The first-order valence-electron chi connectivity index (χ1n) is 7.17. The third kappa shape index (κ3) is 3.48. The zero-order valence-electron chi connectivity index (χ0n) is 12.2. The molecule has 8 heteroatoms. The van der Waals surface area contributed by atoms with E-state index < -0.39 is 0 Å². The minimum absolute atomic E-state index is 0.0588. The van der Waals surface area contributed by atoms with E-state index in [4.69, 9.17) is 16.0 Å². The number of aryl methyl sites for hydroxylation is 1. The smallest absolute Gasteiger partial charge is 0.255 e. The highest BCUT2D eigenvalue weighted by atomic mass is 35.5. The quantitative estimate of drug-likeness (QED) is 0.925. The SMILES string of the molecule is Cc1occc1C(=O)NC1CCN(Cc2nnsc2Cl)CC1. The van der Waals surface area contributed by atoms with Crippen LogP contribution in [0.25, 0.3) is 0 Å². The molecule has 3 rings (SSSR count). The van der Waals surface area contributed by atoms with Crippen molar-refractivity contribution in [1.29, 1.82) is 0 Å². The highest BCUT2D eigenvalue weighted by molar-refractivity contribution is 7.10. The van der Waals surface area contributed by atoms with Gasteiger partial charge in [0, 0.05) is 37.2 Å². The number of hydrogen-bond acceptors (Lipinski definition) is 6. The summed E-state index contributed by atoms with van der Waals surface area (Å²) >= 11 is 7.24. The fraction of sp³-hybridized carbons (Fsp3) is 0.500. The van der Waals surface area contributed by atoms with Crippen LogP contribution in [0.4, 0.5) is 0 Å². The number of furan rings is 1. The summed E-state index contributed by atoms with van der Waals surface area (Å²) in [6.07, 6.45) is 3.37. The molecule has 1 saturated heterocycles. The van der Waals surface area contributed by atoms with Crippen molar-refractivity contribution in [1.82, 2.24) is 19.8 Å². The van der Waals surface area contributed by atoms with Gasteiger partial charge < -0.3 is 9.73 Å². The lowest BCUT2D eigenvalue weighted by atomic mass is 10.0. The number of hydrogen-bond donors (Lipinski definition) is 1. The van der Waals surface area contributed by atoms with Crippen molar-refractivity contribution in [2.24, 2.45) is 0 Å². The predicted molar refractivity (Wildman–Crippen MR) is 84.1 cm³/mol. The van der Waals surface area contributed by atoms with Crippen LogP contribution in [-0.2, 0) is 6.54 Å². The van der Waals surface area contributed by atoms with E-state index in [-0.39, 0.29) is 11.9 Å². The zero-order chi connectivity index (χ0) is 15.5. The van der Waals surface area contributed by atoms with Crippen molar-refractivity contribution in [2.45, 2.75) is 32.4 Å². The number of amides is 1. The molecule has 1 aliphatic heterocycles. The van der Waals surface area contributed by atoms with Gasteiger partial charge in [-0.2, -0.15) is 0 Å². The summed E-state index contributed by atoms with van der Waals surface area (Å²) in [4.78, 5) is 14.4. The molecule has 1 N–H and O–H groups in total. The summed E-state index contributed by atoms with van der Waals surface area (Å²) in [5.74, 6) is 0.594. The molecule has 0 aliphatic carbocycles. The van der Waals surface area contributed by atoms with Crippen LogP contribution in [0.1, 0.15) is 34.7 Å². The van der Waals surface area contributed by atoms with Crippen molar-refractivity contribution in [2.75, 3.05) is 13.1 Å². The third-order valence-corrected chi connectivity index (χ3v) is 4.89. The maximum Gasteiger partial charge on any atom is 0.255 e. The second-order valence-corrected chi connectivity index (χ2v) is 6.76. The Morgan fingerprint density at radius 2 is 2.32 bits per heavy atom. The van der Waals surface area contributed by atoms with E-state index in [9.17, 15) is 4.79 Å². The number of piperidine rings is 1. The average molecular weight is 341 g/mol. The number of nitrogens with zero attached hydrogens (tertiary/aromatic N) is 3. The molecule has 2 aromatic heterocycles. The van der Waals surface area contributed by atoms with Gasteiger partial charge in [-0.1, -0.05) is 16.1 Å². The molecule has 0 atom stereocenters. The average Bonchev–Trinajstić information content (AvgIpc) is 3.10. The lowest BCUT2D eigenvalue weighted by Crippen LogP contribution is -2.44. The van der Waals surface area contributed by atoms with Crippen LogP contribution in [-0.4, -0.2) is 39.5 Å². The molecule has 6 nitrogen and oxygen atoms in total. The molecule has 3 heterocycles. The zero-order valence-corrected chi connectivity index (χ0v) is 13.8. The Morgan fingerprint density at radius 3 is 2.91 bits per heavy atom. The number of rotatable bonds is 4. The Bertz CT molecular complexity index is 649. The summed E-state index contributed by atoms with van der Waals surface area (Å²) in [6.45, 7) is 4.33. The molecule has 0 radical (unpaired) electrons. The van der Waals surface area contributed by atoms with Gasteiger partial charge in [-0.15, -0.1) is 5.10 Å². The first kappa shape index (κ1) is 15.5. The predicted octanol–water partition coefficient (Wildman–Crippen LogP) is 2.49.